The van der Waals surface area contributed by atoms with Crippen molar-refractivity contribution in [2.45, 2.75) is 50.6 Å². The van der Waals surface area contributed by atoms with Crippen LogP contribution in [0.5, 0.6) is 0 Å². The molecular formula is C22H18BrF8NO. The monoisotopic (exact) mass is 543 g/mol. The first-order valence-corrected chi connectivity index (χ1v) is 10.7. The number of benzene rings is 2. The van der Waals surface area contributed by atoms with Gasteiger partial charge in [0.2, 0.25) is 0 Å². The van der Waals surface area contributed by atoms with Crippen molar-refractivity contribution in [2.75, 3.05) is 5.32 Å². The van der Waals surface area contributed by atoms with Gasteiger partial charge in [-0.2, -0.15) is 26.3 Å². The van der Waals surface area contributed by atoms with Crippen LogP contribution in [0.4, 0.5) is 40.8 Å². The Labute approximate surface area is 192 Å². The standard InChI is InChI=1S/C22H18BrF8NO/c1-11-9-14(20(25,21(26,27)28)22(29,30)31)10-16(23)18(11)32-19(33)15-4-2-3-13(17(15)24)8-7-12-5-6-12/h2-4,9-10,12H,5-8H2,1H3,(H,32,33). The van der Waals surface area contributed by atoms with E-state index in [0.717, 1.165) is 26.2 Å². The molecule has 0 radical (unpaired) electrons. The Morgan fingerprint density at radius 3 is 2.18 bits per heavy atom. The molecule has 0 atom stereocenters. The van der Waals surface area contributed by atoms with Gasteiger partial charge in [0.25, 0.3) is 5.91 Å². The molecule has 0 aliphatic heterocycles. The van der Waals surface area contributed by atoms with Gasteiger partial charge in [-0.05, 0) is 64.9 Å². The van der Waals surface area contributed by atoms with E-state index in [0.29, 0.717) is 30.0 Å². The molecule has 0 spiro atoms. The Hall–Kier alpha value is -2.17. The van der Waals surface area contributed by atoms with E-state index in [1.165, 1.54) is 12.1 Å². The molecule has 1 saturated carbocycles. The second-order valence-electron chi connectivity index (χ2n) is 8.02. The smallest absolute Gasteiger partial charge is 0.321 e. The van der Waals surface area contributed by atoms with Gasteiger partial charge >= 0.3 is 18.0 Å². The normalized spacial score (nSPS) is 15.0. The maximum atomic E-state index is 14.8. The topological polar surface area (TPSA) is 29.1 Å². The van der Waals surface area contributed by atoms with Crippen molar-refractivity contribution in [2.24, 2.45) is 5.92 Å². The first kappa shape index (κ1) is 25.5. The van der Waals surface area contributed by atoms with Crippen LogP contribution < -0.4 is 5.32 Å². The molecule has 2 aromatic carbocycles. The van der Waals surface area contributed by atoms with E-state index in [-0.39, 0.29) is 16.8 Å². The molecule has 1 N–H and O–H groups in total. The minimum absolute atomic E-state index is 0.210. The molecule has 33 heavy (non-hydrogen) atoms. The molecule has 3 rings (SSSR count). The predicted octanol–water partition coefficient (Wildman–Crippen LogP) is 7.78. The van der Waals surface area contributed by atoms with Crippen molar-refractivity contribution in [3.05, 3.63) is 62.9 Å². The summed E-state index contributed by atoms with van der Waals surface area (Å²) in [5.41, 5.74) is -7.80. The Balaban J connectivity index is 1.91. The number of carbonyl (C=O) groups excluding carboxylic acids is 1. The van der Waals surface area contributed by atoms with Crippen molar-refractivity contribution < 1.29 is 39.9 Å². The summed E-state index contributed by atoms with van der Waals surface area (Å²) in [5.74, 6) is -1.16. The van der Waals surface area contributed by atoms with Crippen LogP contribution in [-0.2, 0) is 12.1 Å². The summed E-state index contributed by atoms with van der Waals surface area (Å²) in [4.78, 5) is 12.6. The zero-order chi connectivity index (χ0) is 24.8. The number of nitrogens with one attached hydrogen (secondary N) is 1. The summed E-state index contributed by atoms with van der Waals surface area (Å²) in [7, 11) is 0. The second kappa shape index (κ2) is 8.88. The van der Waals surface area contributed by atoms with Gasteiger partial charge in [0.15, 0.2) is 0 Å². The van der Waals surface area contributed by atoms with Crippen LogP contribution in [0.3, 0.4) is 0 Å². The number of hydrogen-bond acceptors (Lipinski definition) is 1. The van der Waals surface area contributed by atoms with E-state index in [2.05, 4.69) is 21.2 Å². The summed E-state index contributed by atoms with van der Waals surface area (Å²) in [6, 6.07) is 4.88. The van der Waals surface area contributed by atoms with Gasteiger partial charge in [0.05, 0.1) is 11.3 Å². The largest absolute Gasteiger partial charge is 0.435 e. The molecule has 1 aliphatic rings. The SMILES string of the molecule is Cc1cc(C(F)(C(F)(F)F)C(F)(F)F)cc(Br)c1NC(=O)c1cccc(CCC2CC2)c1F. The summed E-state index contributed by atoms with van der Waals surface area (Å²) in [6.45, 7) is 1.10. The first-order chi connectivity index (χ1) is 15.2. The van der Waals surface area contributed by atoms with Crippen LogP contribution in [0.25, 0.3) is 0 Å². The zero-order valence-corrected chi connectivity index (χ0v) is 18.7. The molecule has 1 fully saturated rings. The fourth-order valence-corrected chi connectivity index (χ4v) is 4.14. The Bertz CT molecular complexity index is 1020. The zero-order valence-electron chi connectivity index (χ0n) is 17.1. The van der Waals surface area contributed by atoms with E-state index < -0.39 is 39.8 Å². The van der Waals surface area contributed by atoms with Gasteiger partial charge in [0.1, 0.15) is 5.82 Å². The van der Waals surface area contributed by atoms with E-state index >= 15 is 0 Å². The number of alkyl halides is 7. The van der Waals surface area contributed by atoms with Crippen LogP contribution in [0, 0.1) is 18.7 Å². The van der Waals surface area contributed by atoms with Crippen LogP contribution in [0.1, 0.15) is 46.3 Å². The third kappa shape index (κ3) is 5.02. The summed E-state index contributed by atoms with van der Waals surface area (Å²) in [6.07, 6.45) is -9.18. The first-order valence-electron chi connectivity index (χ1n) is 9.88. The summed E-state index contributed by atoms with van der Waals surface area (Å²) < 4.78 is 107. The molecule has 0 unspecified atom stereocenters. The number of carbonyl (C=O) groups is 1. The van der Waals surface area contributed by atoms with Crippen LogP contribution in [0.2, 0.25) is 0 Å². The van der Waals surface area contributed by atoms with E-state index in [1.807, 2.05) is 0 Å². The van der Waals surface area contributed by atoms with Gasteiger partial charge in [-0.1, -0.05) is 31.0 Å². The van der Waals surface area contributed by atoms with Crippen LogP contribution in [0.15, 0.2) is 34.8 Å². The highest BCUT2D eigenvalue weighted by Gasteiger charge is 2.73. The quantitative estimate of drug-likeness (QED) is 0.370. The molecule has 0 heterocycles. The lowest BCUT2D eigenvalue weighted by Crippen LogP contribution is -2.50. The van der Waals surface area contributed by atoms with Crippen molar-refractivity contribution in [3.63, 3.8) is 0 Å². The maximum absolute atomic E-state index is 14.8. The number of aryl methyl sites for hydroxylation is 2. The van der Waals surface area contributed by atoms with Crippen molar-refractivity contribution in [1.82, 2.24) is 0 Å². The minimum atomic E-state index is -6.27. The fraction of sp³-hybridized carbons (Fsp3) is 0.409. The summed E-state index contributed by atoms with van der Waals surface area (Å²) in [5, 5.41) is 2.29. The molecule has 180 valence electrons. The van der Waals surface area contributed by atoms with E-state index in [9.17, 15) is 39.9 Å². The van der Waals surface area contributed by atoms with Gasteiger partial charge in [-0.15, -0.1) is 0 Å². The lowest BCUT2D eigenvalue weighted by molar-refractivity contribution is -0.348. The number of rotatable bonds is 6. The highest BCUT2D eigenvalue weighted by atomic mass is 79.9. The van der Waals surface area contributed by atoms with Crippen molar-refractivity contribution in [1.29, 1.82) is 0 Å². The maximum Gasteiger partial charge on any atom is 0.435 e. The van der Waals surface area contributed by atoms with Gasteiger partial charge in [-0.25, -0.2) is 8.78 Å². The second-order valence-corrected chi connectivity index (χ2v) is 8.87. The van der Waals surface area contributed by atoms with Gasteiger partial charge in [-0.3, -0.25) is 4.79 Å². The molecule has 1 aliphatic carbocycles. The molecule has 2 nitrogen and oxygen atoms in total. The molecule has 0 saturated heterocycles. The van der Waals surface area contributed by atoms with Gasteiger partial charge < -0.3 is 5.32 Å². The molecule has 0 aromatic heterocycles. The summed E-state index contributed by atoms with van der Waals surface area (Å²) >= 11 is 2.80. The fourth-order valence-electron chi connectivity index (χ4n) is 3.48. The molecule has 1 amide bonds. The predicted molar refractivity (Wildman–Crippen MR) is 109 cm³/mol. The molecular weight excluding hydrogens is 526 g/mol. The Morgan fingerprint density at radius 1 is 1.06 bits per heavy atom. The van der Waals surface area contributed by atoms with Crippen molar-refractivity contribution in [3.8, 4) is 0 Å². The Kier molecular flexibility index (Phi) is 6.85. The third-order valence-electron chi connectivity index (χ3n) is 5.55. The average molecular weight is 544 g/mol. The number of halogens is 9. The highest BCUT2D eigenvalue weighted by Crippen LogP contribution is 2.54. The van der Waals surface area contributed by atoms with E-state index in [1.54, 1.807) is 6.07 Å². The third-order valence-corrected chi connectivity index (χ3v) is 6.17. The number of anilines is 1. The van der Waals surface area contributed by atoms with Crippen LogP contribution >= 0.6 is 15.9 Å². The lowest BCUT2D eigenvalue weighted by atomic mass is 9.92. The minimum Gasteiger partial charge on any atom is -0.321 e. The molecule has 11 heteroatoms. The lowest BCUT2D eigenvalue weighted by Gasteiger charge is -2.31. The molecule has 2 aromatic rings. The number of amides is 1. The van der Waals surface area contributed by atoms with Crippen molar-refractivity contribution >= 4 is 27.5 Å². The number of hydrogen-bond donors (Lipinski definition) is 1. The average Bonchev–Trinajstić information content (AvgIpc) is 3.51. The van der Waals surface area contributed by atoms with Crippen LogP contribution in [-0.4, -0.2) is 18.3 Å². The highest BCUT2D eigenvalue weighted by molar-refractivity contribution is 9.10. The van der Waals surface area contributed by atoms with E-state index in [4.69, 9.17) is 0 Å². The Morgan fingerprint density at radius 2 is 1.67 bits per heavy atom. The molecule has 0 bridgehead atoms. The van der Waals surface area contributed by atoms with Gasteiger partial charge in [0, 0.05) is 10.0 Å².